The number of benzene rings is 1. The molecule has 23 heavy (non-hydrogen) atoms. The molecule has 1 aliphatic rings. The number of hydrogen-bond donors (Lipinski definition) is 2. The number of nitrogens with one attached hydrogen (secondary N) is 1. The summed E-state index contributed by atoms with van der Waals surface area (Å²) in [4.78, 5) is 14.1. The lowest BCUT2D eigenvalue weighted by Crippen LogP contribution is -2.49. The first-order valence-electron chi connectivity index (χ1n) is 8.25. The van der Waals surface area contributed by atoms with Crippen molar-refractivity contribution < 1.29 is 14.6 Å². The van der Waals surface area contributed by atoms with Crippen molar-refractivity contribution in [2.75, 3.05) is 20.2 Å². The van der Waals surface area contributed by atoms with Gasteiger partial charge in [-0.25, -0.2) is 0 Å². The third-order valence-electron chi connectivity index (χ3n) is 4.48. The van der Waals surface area contributed by atoms with Crippen molar-refractivity contribution in [3.63, 3.8) is 0 Å². The fourth-order valence-electron chi connectivity index (χ4n) is 3.32. The number of carbonyl (C=O) groups is 1. The van der Waals surface area contributed by atoms with Crippen molar-refractivity contribution in [3.8, 4) is 5.75 Å². The van der Waals surface area contributed by atoms with E-state index in [-0.39, 0.29) is 18.0 Å². The Hall–Kier alpha value is -1.59. The smallest absolute Gasteiger partial charge is 0.234 e. The summed E-state index contributed by atoms with van der Waals surface area (Å²) in [6.07, 6.45) is 1.87. The quantitative estimate of drug-likeness (QED) is 0.840. The minimum absolute atomic E-state index is 0.0115. The summed E-state index contributed by atoms with van der Waals surface area (Å²) in [5, 5.41) is 14.0. The Labute approximate surface area is 138 Å². The molecule has 2 N–H and O–H groups in total. The maximum Gasteiger partial charge on any atom is 0.234 e. The highest BCUT2D eigenvalue weighted by Gasteiger charge is 2.41. The van der Waals surface area contributed by atoms with Crippen molar-refractivity contribution in [3.05, 3.63) is 29.8 Å². The van der Waals surface area contributed by atoms with E-state index >= 15 is 0 Å². The van der Waals surface area contributed by atoms with Gasteiger partial charge in [0.2, 0.25) is 5.91 Å². The van der Waals surface area contributed by atoms with Crippen LogP contribution in [-0.2, 0) is 10.4 Å². The molecule has 0 bridgehead atoms. The summed E-state index contributed by atoms with van der Waals surface area (Å²) in [5.74, 6) is 0.779. The van der Waals surface area contributed by atoms with Crippen LogP contribution >= 0.6 is 0 Å². The SMILES string of the molecule is COc1ccc([C@](C)(O)[C@H]2CCCN2CC(=O)NC(C)C)cc1. The summed E-state index contributed by atoms with van der Waals surface area (Å²) in [7, 11) is 1.62. The van der Waals surface area contributed by atoms with Crippen molar-refractivity contribution in [2.45, 2.75) is 51.3 Å². The van der Waals surface area contributed by atoms with Crippen molar-refractivity contribution in [1.29, 1.82) is 0 Å². The number of hydrogen-bond acceptors (Lipinski definition) is 4. The number of ether oxygens (including phenoxy) is 1. The summed E-state index contributed by atoms with van der Waals surface area (Å²) < 4.78 is 5.17. The third-order valence-corrected chi connectivity index (χ3v) is 4.48. The van der Waals surface area contributed by atoms with E-state index in [4.69, 9.17) is 4.74 Å². The van der Waals surface area contributed by atoms with E-state index in [2.05, 4.69) is 10.2 Å². The third kappa shape index (κ3) is 4.24. The molecule has 0 saturated carbocycles. The van der Waals surface area contributed by atoms with E-state index in [9.17, 15) is 9.90 Å². The first-order chi connectivity index (χ1) is 10.8. The fraction of sp³-hybridized carbons (Fsp3) is 0.611. The molecule has 0 aromatic heterocycles. The Balaban J connectivity index is 2.11. The molecule has 128 valence electrons. The maximum atomic E-state index is 12.1. The molecule has 0 radical (unpaired) electrons. The van der Waals surface area contributed by atoms with Gasteiger partial charge >= 0.3 is 0 Å². The van der Waals surface area contributed by atoms with Crippen LogP contribution in [0.4, 0.5) is 0 Å². The number of rotatable bonds is 6. The van der Waals surface area contributed by atoms with E-state index in [1.807, 2.05) is 45.0 Å². The van der Waals surface area contributed by atoms with Gasteiger partial charge in [-0.15, -0.1) is 0 Å². The average Bonchev–Trinajstić information content (AvgIpc) is 2.95. The van der Waals surface area contributed by atoms with Gasteiger partial charge in [-0.3, -0.25) is 9.69 Å². The largest absolute Gasteiger partial charge is 0.497 e. The molecule has 1 fully saturated rings. The van der Waals surface area contributed by atoms with E-state index in [1.165, 1.54) is 0 Å². The number of amides is 1. The molecule has 0 unspecified atom stereocenters. The zero-order valence-electron chi connectivity index (χ0n) is 14.5. The lowest BCUT2D eigenvalue weighted by molar-refractivity contribution is -0.124. The average molecular weight is 320 g/mol. The fourth-order valence-corrected chi connectivity index (χ4v) is 3.32. The molecule has 0 aliphatic carbocycles. The van der Waals surface area contributed by atoms with Gasteiger partial charge in [-0.05, 0) is 57.9 Å². The maximum absolute atomic E-state index is 12.1. The highest BCUT2D eigenvalue weighted by atomic mass is 16.5. The molecule has 1 saturated heterocycles. The zero-order valence-corrected chi connectivity index (χ0v) is 14.5. The molecule has 1 aromatic carbocycles. The van der Waals surface area contributed by atoms with Crippen molar-refractivity contribution in [1.82, 2.24) is 10.2 Å². The summed E-state index contributed by atoms with van der Waals surface area (Å²) >= 11 is 0. The van der Waals surface area contributed by atoms with Crippen LogP contribution in [0.5, 0.6) is 5.75 Å². The molecule has 1 aromatic rings. The molecular weight excluding hydrogens is 292 g/mol. The van der Waals surface area contributed by atoms with E-state index in [0.717, 1.165) is 30.7 Å². The molecule has 0 spiro atoms. The van der Waals surface area contributed by atoms with E-state index in [0.29, 0.717) is 6.54 Å². The van der Waals surface area contributed by atoms with Gasteiger partial charge in [0.15, 0.2) is 0 Å². The highest BCUT2D eigenvalue weighted by molar-refractivity contribution is 5.78. The van der Waals surface area contributed by atoms with Crippen LogP contribution in [0.1, 0.15) is 39.2 Å². The second kappa shape index (κ2) is 7.32. The highest BCUT2D eigenvalue weighted by Crippen LogP contribution is 2.35. The molecule has 5 heteroatoms. The van der Waals surface area contributed by atoms with Crippen LogP contribution in [0.25, 0.3) is 0 Å². The molecule has 1 amide bonds. The van der Waals surface area contributed by atoms with Crippen LogP contribution in [0.15, 0.2) is 24.3 Å². The molecule has 2 rings (SSSR count). The summed E-state index contributed by atoms with van der Waals surface area (Å²) in [5.41, 5.74) is -0.152. The molecule has 1 heterocycles. The lowest BCUT2D eigenvalue weighted by atomic mass is 9.86. The first-order valence-corrected chi connectivity index (χ1v) is 8.25. The number of aliphatic hydroxyl groups is 1. The monoisotopic (exact) mass is 320 g/mol. The van der Waals surface area contributed by atoms with Crippen LogP contribution < -0.4 is 10.1 Å². The number of nitrogens with zero attached hydrogens (tertiary/aromatic N) is 1. The summed E-state index contributed by atoms with van der Waals surface area (Å²) in [6, 6.07) is 7.57. The van der Waals surface area contributed by atoms with Crippen LogP contribution in [0.3, 0.4) is 0 Å². The Bertz CT molecular complexity index is 526. The van der Waals surface area contributed by atoms with Crippen molar-refractivity contribution in [2.24, 2.45) is 0 Å². The Morgan fingerprint density at radius 2 is 2.09 bits per heavy atom. The standard InChI is InChI=1S/C18H28N2O3/c1-13(2)19-17(21)12-20-11-5-6-16(20)18(3,22)14-7-9-15(23-4)10-8-14/h7-10,13,16,22H,5-6,11-12H2,1-4H3,(H,19,21)/t16-,18+/m1/s1. The number of likely N-dealkylation sites (tertiary alicyclic amines) is 1. The lowest BCUT2D eigenvalue weighted by Gasteiger charge is -2.36. The molecule has 2 atom stereocenters. The number of methoxy groups -OCH3 is 1. The van der Waals surface area contributed by atoms with Crippen LogP contribution in [0, 0.1) is 0 Å². The molecular formula is C18H28N2O3. The Morgan fingerprint density at radius 1 is 1.43 bits per heavy atom. The predicted octanol–water partition coefficient (Wildman–Crippen LogP) is 1.89. The van der Waals surface area contributed by atoms with E-state index < -0.39 is 5.60 Å². The zero-order chi connectivity index (χ0) is 17.0. The second-order valence-corrected chi connectivity index (χ2v) is 6.73. The Kier molecular flexibility index (Phi) is 5.65. The Morgan fingerprint density at radius 3 is 2.65 bits per heavy atom. The summed E-state index contributed by atoms with van der Waals surface area (Å²) in [6.45, 7) is 6.90. The van der Waals surface area contributed by atoms with Gasteiger partial charge in [-0.2, -0.15) is 0 Å². The first kappa shape index (κ1) is 17.8. The van der Waals surface area contributed by atoms with Gasteiger partial charge in [-0.1, -0.05) is 12.1 Å². The second-order valence-electron chi connectivity index (χ2n) is 6.73. The number of carbonyl (C=O) groups excluding carboxylic acids is 1. The van der Waals surface area contributed by atoms with Gasteiger partial charge in [0, 0.05) is 12.1 Å². The topological polar surface area (TPSA) is 61.8 Å². The molecule has 5 nitrogen and oxygen atoms in total. The van der Waals surface area contributed by atoms with Gasteiger partial charge < -0.3 is 15.2 Å². The van der Waals surface area contributed by atoms with Gasteiger partial charge in [0.1, 0.15) is 11.4 Å². The van der Waals surface area contributed by atoms with Crippen molar-refractivity contribution >= 4 is 5.91 Å². The van der Waals surface area contributed by atoms with E-state index in [1.54, 1.807) is 7.11 Å². The minimum atomic E-state index is -0.999. The minimum Gasteiger partial charge on any atom is -0.497 e. The van der Waals surface area contributed by atoms with Gasteiger partial charge in [0.05, 0.1) is 13.7 Å². The van der Waals surface area contributed by atoms with Gasteiger partial charge in [0.25, 0.3) is 0 Å². The van der Waals surface area contributed by atoms with Crippen LogP contribution in [-0.4, -0.2) is 48.2 Å². The molecule has 1 aliphatic heterocycles. The predicted molar refractivity (Wildman–Crippen MR) is 90.4 cm³/mol. The normalized spacial score (nSPS) is 21.2. The van der Waals surface area contributed by atoms with Crippen LogP contribution in [0.2, 0.25) is 0 Å².